The number of aliphatic hydroxyl groups excluding tert-OH is 1. The van der Waals surface area contributed by atoms with Crippen molar-refractivity contribution in [2.24, 2.45) is 5.92 Å². The maximum Gasteiger partial charge on any atom is 0.253 e. The highest BCUT2D eigenvalue weighted by molar-refractivity contribution is 6.31. The normalized spacial score (nSPS) is 17.2. The van der Waals surface area contributed by atoms with Crippen LogP contribution in [0.15, 0.2) is 18.2 Å². The van der Waals surface area contributed by atoms with Gasteiger partial charge in [-0.3, -0.25) is 9.59 Å². The molecule has 2 rings (SSSR count). The molecule has 1 heterocycles. The standard InChI is InChI=1S/C17H23ClN2O3/c1-3-11(2)15(21)10-19-17(23)13-7-6-12(18)9-14(13)20-8-4-5-16(20)22/h6-7,9,11,15,21H,3-5,8,10H2,1-2H3,(H,19,23). The third-order valence-electron chi connectivity index (χ3n) is 4.34. The van der Waals surface area contributed by atoms with Crippen LogP contribution in [0.4, 0.5) is 5.69 Å². The Morgan fingerprint density at radius 1 is 1.48 bits per heavy atom. The van der Waals surface area contributed by atoms with Gasteiger partial charge in [0, 0.05) is 24.5 Å². The molecule has 0 bridgehead atoms. The molecule has 2 unspecified atom stereocenters. The van der Waals surface area contributed by atoms with Gasteiger partial charge in [0.1, 0.15) is 0 Å². The molecule has 0 spiro atoms. The first-order chi connectivity index (χ1) is 10.9. The van der Waals surface area contributed by atoms with Crippen LogP contribution < -0.4 is 10.2 Å². The van der Waals surface area contributed by atoms with E-state index in [9.17, 15) is 14.7 Å². The molecule has 6 heteroatoms. The number of hydrogen-bond donors (Lipinski definition) is 2. The molecule has 23 heavy (non-hydrogen) atoms. The second-order valence-corrected chi connectivity index (χ2v) is 6.41. The van der Waals surface area contributed by atoms with Crippen molar-refractivity contribution in [2.45, 2.75) is 39.2 Å². The fourth-order valence-corrected chi connectivity index (χ4v) is 2.76. The summed E-state index contributed by atoms with van der Waals surface area (Å²) in [5, 5.41) is 13.2. The number of halogens is 1. The van der Waals surface area contributed by atoms with Gasteiger partial charge in [-0.2, -0.15) is 0 Å². The van der Waals surface area contributed by atoms with Crippen LogP contribution in [0.25, 0.3) is 0 Å². The molecule has 2 N–H and O–H groups in total. The molecular formula is C17H23ClN2O3. The monoisotopic (exact) mass is 338 g/mol. The third-order valence-corrected chi connectivity index (χ3v) is 4.58. The minimum absolute atomic E-state index is 0.000886. The second kappa shape index (κ2) is 7.79. The summed E-state index contributed by atoms with van der Waals surface area (Å²) in [5.74, 6) is -0.195. The molecule has 0 radical (unpaired) electrons. The van der Waals surface area contributed by atoms with Crippen LogP contribution in [0, 0.1) is 5.92 Å². The van der Waals surface area contributed by atoms with Crippen LogP contribution in [-0.2, 0) is 4.79 Å². The first kappa shape index (κ1) is 17.8. The summed E-state index contributed by atoms with van der Waals surface area (Å²) in [6, 6.07) is 4.89. The zero-order chi connectivity index (χ0) is 17.0. The van der Waals surface area contributed by atoms with E-state index in [4.69, 9.17) is 11.6 Å². The number of carbonyl (C=O) groups excluding carboxylic acids is 2. The van der Waals surface area contributed by atoms with Crippen LogP contribution >= 0.6 is 11.6 Å². The Morgan fingerprint density at radius 3 is 2.83 bits per heavy atom. The number of nitrogens with one attached hydrogen (secondary N) is 1. The molecule has 0 aromatic heterocycles. The van der Waals surface area contributed by atoms with Gasteiger partial charge in [0.25, 0.3) is 5.91 Å². The molecule has 0 aliphatic carbocycles. The first-order valence-electron chi connectivity index (χ1n) is 8.00. The van der Waals surface area contributed by atoms with E-state index in [1.54, 1.807) is 23.1 Å². The van der Waals surface area contributed by atoms with Crippen molar-refractivity contribution in [3.63, 3.8) is 0 Å². The minimum atomic E-state index is -0.590. The van der Waals surface area contributed by atoms with E-state index in [0.717, 1.165) is 12.8 Å². The summed E-state index contributed by atoms with van der Waals surface area (Å²) in [6.45, 7) is 4.71. The number of anilines is 1. The Balaban J connectivity index is 2.15. The van der Waals surface area contributed by atoms with Crippen molar-refractivity contribution in [3.05, 3.63) is 28.8 Å². The van der Waals surface area contributed by atoms with Gasteiger partial charge in [-0.05, 0) is 30.5 Å². The number of amides is 2. The topological polar surface area (TPSA) is 69.6 Å². The van der Waals surface area contributed by atoms with Gasteiger partial charge in [0.05, 0.1) is 17.4 Å². The molecular weight excluding hydrogens is 316 g/mol. The lowest BCUT2D eigenvalue weighted by molar-refractivity contribution is -0.117. The molecule has 126 valence electrons. The van der Waals surface area contributed by atoms with E-state index >= 15 is 0 Å². The lowest BCUT2D eigenvalue weighted by Gasteiger charge is -2.21. The first-order valence-corrected chi connectivity index (χ1v) is 8.38. The van der Waals surface area contributed by atoms with Crippen molar-refractivity contribution in [2.75, 3.05) is 18.0 Å². The average Bonchev–Trinajstić information content (AvgIpc) is 2.97. The van der Waals surface area contributed by atoms with E-state index in [1.807, 2.05) is 13.8 Å². The number of nitrogens with zero attached hydrogens (tertiary/aromatic N) is 1. The zero-order valence-electron chi connectivity index (χ0n) is 13.5. The number of carbonyl (C=O) groups is 2. The summed E-state index contributed by atoms with van der Waals surface area (Å²) in [6.07, 6.45) is 1.51. The van der Waals surface area contributed by atoms with Gasteiger partial charge in [0.2, 0.25) is 5.91 Å². The van der Waals surface area contributed by atoms with Gasteiger partial charge >= 0.3 is 0 Å². The van der Waals surface area contributed by atoms with E-state index < -0.39 is 6.10 Å². The molecule has 1 aromatic rings. The molecule has 5 nitrogen and oxygen atoms in total. The number of aliphatic hydroxyl groups is 1. The number of rotatable bonds is 6. The molecule has 0 saturated carbocycles. The summed E-state index contributed by atoms with van der Waals surface area (Å²) < 4.78 is 0. The predicted molar refractivity (Wildman–Crippen MR) is 90.8 cm³/mol. The maximum absolute atomic E-state index is 12.5. The molecule has 2 atom stereocenters. The summed E-state index contributed by atoms with van der Waals surface area (Å²) in [7, 11) is 0. The Labute approximate surface area is 141 Å². The van der Waals surface area contributed by atoms with E-state index in [1.165, 1.54) is 0 Å². The Morgan fingerprint density at radius 2 is 2.22 bits per heavy atom. The molecule has 1 saturated heterocycles. The SMILES string of the molecule is CCC(C)C(O)CNC(=O)c1ccc(Cl)cc1N1CCCC1=O. The molecule has 1 aliphatic rings. The van der Waals surface area contributed by atoms with Crippen LogP contribution in [0.1, 0.15) is 43.5 Å². The highest BCUT2D eigenvalue weighted by atomic mass is 35.5. The van der Waals surface area contributed by atoms with E-state index in [2.05, 4.69) is 5.32 Å². The number of benzene rings is 1. The lowest BCUT2D eigenvalue weighted by Crippen LogP contribution is -2.36. The molecule has 2 amide bonds. The van der Waals surface area contributed by atoms with Crippen molar-refractivity contribution in [3.8, 4) is 0 Å². The largest absolute Gasteiger partial charge is 0.391 e. The fraction of sp³-hybridized carbons (Fsp3) is 0.529. The minimum Gasteiger partial charge on any atom is -0.391 e. The highest BCUT2D eigenvalue weighted by Crippen LogP contribution is 2.28. The Hall–Kier alpha value is -1.59. The Kier molecular flexibility index (Phi) is 6.02. The van der Waals surface area contributed by atoms with Crippen molar-refractivity contribution in [1.29, 1.82) is 0 Å². The van der Waals surface area contributed by atoms with Gasteiger partial charge in [0.15, 0.2) is 0 Å². The number of hydrogen-bond acceptors (Lipinski definition) is 3. The smallest absolute Gasteiger partial charge is 0.253 e. The third kappa shape index (κ3) is 4.24. The lowest BCUT2D eigenvalue weighted by atomic mass is 10.0. The second-order valence-electron chi connectivity index (χ2n) is 5.97. The summed E-state index contributed by atoms with van der Waals surface area (Å²) >= 11 is 6.03. The highest BCUT2D eigenvalue weighted by Gasteiger charge is 2.26. The van der Waals surface area contributed by atoms with Gasteiger partial charge in [-0.25, -0.2) is 0 Å². The van der Waals surface area contributed by atoms with E-state index in [-0.39, 0.29) is 24.3 Å². The summed E-state index contributed by atoms with van der Waals surface area (Å²) in [4.78, 5) is 26.0. The van der Waals surface area contributed by atoms with Crippen molar-refractivity contribution in [1.82, 2.24) is 5.32 Å². The average molecular weight is 339 g/mol. The van der Waals surface area contributed by atoms with Crippen LogP contribution in [-0.4, -0.2) is 36.1 Å². The van der Waals surface area contributed by atoms with Crippen LogP contribution in [0.5, 0.6) is 0 Å². The quantitative estimate of drug-likeness (QED) is 0.837. The van der Waals surface area contributed by atoms with Gasteiger partial charge in [-0.1, -0.05) is 31.9 Å². The molecule has 1 aromatic carbocycles. The van der Waals surface area contributed by atoms with Crippen LogP contribution in [0.3, 0.4) is 0 Å². The molecule has 1 aliphatic heterocycles. The fourth-order valence-electron chi connectivity index (χ4n) is 2.59. The zero-order valence-corrected chi connectivity index (χ0v) is 14.3. The van der Waals surface area contributed by atoms with Gasteiger partial charge < -0.3 is 15.3 Å². The van der Waals surface area contributed by atoms with Crippen molar-refractivity contribution >= 4 is 29.1 Å². The maximum atomic E-state index is 12.5. The van der Waals surface area contributed by atoms with Crippen LogP contribution in [0.2, 0.25) is 5.02 Å². The Bertz CT molecular complexity index is 591. The van der Waals surface area contributed by atoms with E-state index in [0.29, 0.717) is 29.2 Å². The molecule has 1 fully saturated rings. The summed E-state index contributed by atoms with van der Waals surface area (Å²) in [5.41, 5.74) is 0.941. The van der Waals surface area contributed by atoms with Gasteiger partial charge in [-0.15, -0.1) is 0 Å². The predicted octanol–water partition coefficient (Wildman–Crippen LogP) is 2.60. The van der Waals surface area contributed by atoms with Crippen molar-refractivity contribution < 1.29 is 14.7 Å².